The fraction of sp³-hybridized carbons (Fsp3) is 0.308. The van der Waals surface area contributed by atoms with Crippen molar-refractivity contribution in [1.82, 2.24) is 4.98 Å². The number of nitrogens with one attached hydrogen (secondary N) is 1. The molecule has 0 aliphatic rings. The van der Waals surface area contributed by atoms with Gasteiger partial charge in [0.25, 0.3) is 0 Å². The number of halogens is 2. The summed E-state index contributed by atoms with van der Waals surface area (Å²) in [5.74, 6) is -0.427. The molecule has 0 radical (unpaired) electrons. The summed E-state index contributed by atoms with van der Waals surface area (Å²) in [6, 6.07) is 1.84. The Kier molecular flexibility index (Phi) is 6.28. The van der Waals surface area contributed by atoms with E-state index < -0.39 is 16.6 Å². The van der Waals surface area contributed by atoms with Gasteiger partial charge in [-0.25, -0.2) is 9.78 Å². The van der Waals surface area contributed by atoms with Crippen LogP contribution in [0.5, 0.6) is 0 Å². The maximum absolute atomic E-state index is 12.0. The van der Waals surface area contributed by atoms with Crippen LogP contribution in [0, 0.1) is 6.92 Å². The Morgan fingerprint density at radius 1 is 1.50 bits per heavy atom. The zero-order valence-corrected chi connectivity index (χ0v) is 16.1. The van der Waals surface area contributed by atoms with E-state index in [1.165, 1.54) is 22.7 Å². The van der Waals surface area contributed by atoms with E-state index in [1.807, 2.05) is 25.3 Å². The van der Waals surface area contributed by atoms with E-state index in [1.54, 1.807) is 6.92 Å². The minimum absolute atomic E-state index is 0.307. The van der Waals surface area contributed by atoms with Gasteiger partial charge in [-0.15, -0.1) is 22.7 Å². The van der Waals surface area contributed by atoms with Crippen molar-refractivity contribution in [3.05, 3.63) is 25.4 Å². The fourth-order valence-electron chi connectivity index (χ4n) is 1.65. The first-order chi connectivity index (χ1) is 10.5. The monoisotopic (exact) mass is 396 g/mol. The van der Waals surface area contributed by atoms with Crippen molar-refractivity contribution in [2.75, 3.05) is 11.3 Å². The smallest absolute Gasteiger partial charge is 0.360 e. The molecular formula is C13H14Cl2N2O2S3. The lowest BCUT2D eigenvalue weighted by molar-refractivity contribution is 0.0521. The number of hydrogen-bond acceptors (Lipinski definition) is 6. The second kappa shape index (κ2) is 7.79. The van der Waals surface area contributed by atoms with E-state index in [4.69, 9.17) is 27.9 Å². The number of hydrogen-bond donors (Lipinski definition) is 1. The Morgan fingerprint density at radius 2 is 2.23 bits per heavy atom. The lowest BCUT2D eigenvalue weighted by Crippen LogP contribution is -2.07. The number of esters is 1. The summed E-state index contributed by atoms with van der Waals surface area (Å²) in [5, 5.41) is 3.45. The molecule has 4 nitrogen and oxygen atoms in total. The van der Waals surface area contributed by atoms with Crippen LogP contribution in [-0.2, 0) is 4.74 Å². The summed E-state index contributed by atoms with van der Waals surface area (Å²) in [5.41, 5.74) is 0.307. The Bertz CT molecular complexity index is 725. The normalized spacial score (nSPS) is 12.4. The van der Waals surface area contributed by atoms with Gasteiger partial charge in [0.1, 0.15) is 9.34 Å². The highest BCUT2D eigenvalue weighted by molar-refractivity contribution is 8.16. The van der Waals surface area contributed by atoms with Crippen molar-refractivity contribution in [3.63, 3.8) is 0 Å². The van der Waals surface area contributed by atoms with E-state index in [0.29, 0.717) is 26.0 Å². The van der Waals surface area contributed by atoms with Crippen molar-refractivity contribution in [1.29, 1.82) is 0 Å². The van der Waals surface area contributed by atoms with Gasteiger partial charge >= 0.3 is 5.97 Å². The third kappa shape index (κ3) is 4.02. The van der Waals surface area contributed by atoms with Crippen LogP contribution in [0.25, 0.3) is 0 Å². The molecule has 0 aliphatic heterocycles. The first-order valence-corrected chi connectivity index (χ1v) is 10.0. The minimum atomic E-state index is -0.472. The summed E-state index contributed by atoms with van der Waals surface area (Å²) in [6.07, 6.45) is 0. The molecule has 1 atom stereocenters. The Hall–Kier alpha value is -0.600. The molecule has 9 heteroatoms. The van der Waals surface area contributed by atoms with E-state index in [-0.39, 0.29) is 0 Å². The van der Waals surface area contributed by atoms with Crippen molar-refractivity contribution in [3.8, 4) is 0 Å². The lowest BCUT2D eigenvalue weighted by atomic mass is 10.4. The largest absolute Gasteiger partial charge is 0.461 e. The van der Waals surface area contributed by atoms with Crippen LogP contribution in [0.2, 0.25) is 8.67 Å². The predicted molar refractivity (Wildman–Crippen MR) is 98.4 cm³/mol. The topological polar surface area (TPSA) is 51.2 Å². The van der Waals surface area contributed by atoms with Gasteiger partial charge in [-0.2, -0.15) is 0 Å². The van der Waals surface area contributed by atoms with Gasteiger partial charge in [-0.1, -0.05) is 33.9 Å². The maximum Gasteiger partial charge on any atom is 0.360 e. The van der Waals surface area contributed by atoms with Gasteiger partial charge in [-0.05, 0) is 32.2 Å². The number of aryl methyl sites for hydroxylation is 1. The summed E-state index contributed by atoms with van der Waals surface area (Å²) >= 11 is 15.0. The first kappa shape index (κ1) is 17.7. The second-order valence-corrected chi connectivity index (χ2v) is 9.27. The average molecular weight is 397 g/mol. The SMILES string of the molecule is C/C=S(/Nc1sc(C)nc1C(=O)OCC)c1cc(Cl)sc1Cl. The summed E-state index contributed by atoms with van der Waals surface area (Å²) in [4.78, 5) is 17.1. The van der Waals surface area contributed by atoms with Gasteiger partial charge < -0.3 is 9.46 Å². The number of carbonyl (C=O) groups is 1. The molecule has 120 valence electrons. The fourth-order valence-corrected chi connectivity index (χ4v) is 5.99. The molecule has 2 aromatic rings. The molecule has 22 heavy (non-hydrogen) atoms. The van der Waals surface area contributed by atoms with Crippen molar-refractivity contribution in [2.45, 2.75) is 25.7 Å². The Balaban J connectivity index is 2.33. The highest BCUT2D eigenvalue weighted by atomic mass is 35.5. The lowest BCUT2D eigenvalue weighted by Gasteiger charge is -2.10. The molecule has 0 spiro atoms. The first-order valence-electron chi connectivity index (χ1n) is 6.34. The van der Waals surface area contributed by atoms with Crippen LogP contribution in [0.1, 0.15) is 29.3 Å². The van der Waals surface area contributed by atoms with Crippen molar-refractivity contribution in [2.24, 2.45) is 0 Å². The molecule has 0 saturated heterocycles. The molecule has 0 aliphatic carbocycles. The number of anilines is 1. The molecule has 1 unspecified atom stereocenters. The minimum Gasteiger partial charge on any atom is -0.461 e. The molecule has 2 heterocycles. The number of carbonyl (C=O) groups excluding carboxylic acids is 1. The number of aromatic nitrogens is 1. The van der Waals surface area contributed by atoms with Crippen LogP contribution in [0.15, 0.2) is 11.0 Å². The highest BCUT2D eigenvalue weighted by Gasteiger charge is 2.20. The molecule has 2 rings (SSSR count). The van der Waals surface area contributed by atoms with E-state index >= 15 is 0 Å². The van der Waals surface area contributed by atoms with Gasteiger partial charge in [0.2, 0.25) is 0 Å². The molecule has 0 saturated carbocycles. The molecule has 1 N–H and O–H groups in total. The molecular weight excluding hydrogens is 383 g/mol. The van der Waals surface area contributed by atoms with Crippen LogP contribution in [-0.4, -0.2) is 22.9 Å². The van der Waals surface area contributed by atoms with E-state index in [2.05, 4.69) is 9.71 Å². The average Bonchev–Trinajstić information content (AvgIpc) is 2.98. The zero-order chi connectivity index (χ0) is 16.3. The van der Waals surface area contributed by atoms with Crippen LogP contribution in [0.3, 0.4) is 0 Å². The van der Waals surface area contributed by atoms with Crippen LogP contribution >= 0.6 is 56.5 Å². The molecule has 0 fully saturated rings. The van der Waals surface area contributed by atoms with E-state index in [9.17, 15) is 4.79 Å². The predicted octanol–water partition coefficient (Wildman–Crippen LogP) is 5.47. The molecule has 0 bridgehead atoms. The molecule has 2 aromatic heterocycles. The number of nitrogens with zero attached hydrogens (tertiary/aromatic N) is 1. The standard InChI is InChI=1S/C13H14Cl2N2O2S3/c1-4-19-13(18)10-12(20-7(3)16-10)17-22(5-2)8-6-9(14)21-11(8)15/h5-6,17H,4H2,1-3H3. The zero-order valence-electron chi connectivity index (χ0n) is 12.1. The number of ether oxygens (including phenoxy) is 1. The van der Waals surface area contributed by atoms with Crippen molar-refractivity contribution < 1.29 is 9.53 Å². The van der Waals surface area contributed by atoms with E-state index in [0.717, 1.165) is 9.90 Å². The summed E-state index contributed by atoms with van der Waals surface area (Å²) in [7, 11) is -0.472. The number of thiazole rings is 1. The summed E-state index contributed by atoms with van der Waals surface area (Å²) < 4.78 is 9.63. The Morgan fingerprint density at radius 3 is 2.77 bits per heavy atom. The number of rotatable bonds is 5. The third-order valence-corrected chi connectivity index (χ3v) is 6.94. The summed E-state index contributed by atoms with van der Waals surface area (Å²) in [6.45, 7) is 5.85. The second-order valence-electron chi connectivity index (χ2n) is 4.00. The molecule has 0 aromatic carbocycles. The van der Waals surface area contributed by atoms with Crippen LogP contribution in [0.4, 0.5) is 5.00 Å². The third-order valence-electron chi connectivity index (χ3n) is 2.50. The molecule has 0 amide bonds. The van der Waals surface area contributed by atoms with Gasteiger partial charge in [-0.3, -0.25) is 0 Å². The quantitative estimate of drug-likeness (QED) is 0.537. The van der Waals surface area contributed by atoms with Gasteiger partial charge in [0.15, 0.2) is 5.69 Å². The number of thiophene rings is 1. The highest BCUT2D eigenvalue weighted by Crippen LogP contribution is 2.42. The Labute approximate surface area is 149 Å². The van der Waals surface area contributed by atoms with Crippen LogP contribution < -0.4 is 4.72 Å². The van der Waals surface area contributed by atoms with Gasteiger partial charge in [0.05, 0.1) is 20.8 Å². The van der Waals surface area contributed by atoms with Crippen molar-refractivity contribution >= 4 is 72.9 Å². The maximum atomic E-state index is 12.0. The van der Waals surface area contributed by atoms with Gasteiger partial charge in [0, 0.05) is 0 Å².